The van der Waals surface area contributed by atoms with Crippen molar-refractivity contribution in [3.8, 4) is 0 Å². The highest BCUT2D eigenvalue weighted by Crippen LogP contribution is 2.21. The number of hydrogen-bond donors (Lipinski definition) is 2. The van der Waals surface area contributed by atoms with E-state index in [9.17, 15) is 0 Å². The molecule has 0 atom stereocenters. The molecule has 4 N–H and O–H groups in total. The summed E-state index contributed by atoms with van der Waals surface area (Å²) in [6, 6.07) is 0. The van der Waals surface area contributed by atoms with Gasteiger partial charge in [0, 0.05) is 12.1 Å². The van der Waals surface area contributed by atoms with Crippen molar-refractivity contribution >= 4 is 24.8 Å². The van der Waals surface area contributed by atoms with Crippen molar-refractivity contribution in [3.63, 3.8) is 0 Å². The molecule has 0 aromatic heterocycles. The number of nitrogens with two attached hydrogens (primary N) is 2. The van der Waals surface area contributed by atoms with Crippen molar-refractivity contribution < 1.29 is 0 Å². The molecule has 0 spiro atoms. The van der Waals surface area contributed by atoms with Gasteiger partial charge in [-0.25, -0.2) is 0 Å². The second-order valence-corrected chi connectivity index (χ2v) is 3.63. The third-order valence-corrected chi connectivity index (χ3v) is 2.50. The monoisotopic (exact) mass is 216 g/mol. The van der Waals surface area contributed by atoms with Crippen LogP contribution in [0.2, 0.25) is 0 Å². The Morgan fingerprint density at radius 2 is 1.25 bits per heavy atom. The molecule has 0 saturated carbocycles. The molecule has 0 saturated heterocycles. The lowest BCUT2D eigenvalue weighted by molar-refractivity contribution is 0.233. The van der Waals surface area contributed by atoms with E-state index < -0.39 is 0 Å². The van der Waals surface area contributed by atoms with E-state index in [0.717, 1.165) is 0 Å². The van der Waals surface area contributed by atoms with Gasteiger partial charge in [0.05, 0.1) is 0 Å². The molecule has 0 aliphatic carbocycles. The van der Waals surface area contributed by atoms with Crippen LogP contribution in [0.5, 0.6) is 0 Å². The van der Waals surface area contributed by atoms with Crippen molar-refractivity contribution in [3.05, 3.63) is 0 Å². The van der Waals surface area contributed by atoms with Crippen molar-refractivity contribution in [2.24, 2.45) is 23.3 Å². The Hall–Kier alpha value is 0.500. The minimum absolute atomic E-state index is 0. The van der Waals surface area contributed by atoms with Gasteiger partial charge in [-0.3, -0.25) is 0 Å². The molecule has 0 aromatic carbocycles. The summed E-state index contributed by atoms with van der Waals surface area (Å²) in [5, 5.41) is 0. The molecule has 0 aliphatic rings. The normalized spacial score (nSPS) is 11.0. The van der Waals surface area contributed by atoms with Crippen LogP contribution in [-0.4, -0.2) is 12.1 Å². The fraction of sp³-hybridized carbons (Fsp3) is 1.00. The van der Waals surface area contributed by atoms with E-state index in [1.165, 1.54) is 0 Å². The Bertz CT molecular complexity index is 97.2. The average Bonchev–Trinajstić information content (AvgIpc) is 1.85. The Morgan fingerprint density at radius 1 is 1.00 bits per heavy atom. The summed E-state index contributed by atoms with van der Waals surface area (Å²) in [6.45, 7) is 9.04. The summed E-state index contributed by atoms with van der Waals surface area (Å²) >= 11 is 0. The van der Waals surface area contributed by atoms with Crippen molar-refractivity contribution in [2.75, 3.05) is 6.54 Å². The average molecular weight is 217 g/mol. The molecule has 2 nitrogen and oxygen atoms in total. The summed E-state index contributed by atoms with van der Waals surface area (Å²) < 4.78 is 0. The molecule has 12 heavy (non-hydrogen) atoms. The van der Waals surface area contributed by atoms with Crippen molar-refractivity contribution in [2.45, 2.75) is 33.2 Å². The van der Waals surface area contributed by atoms with Crippen LogP contribution in [0.15, 0.2) is 0 Å². The van der Waals surface area contributed by atoms with Gasteiger partial charge in [0.15, 0.2) is 0 Å². The lowest BCUT2D eigenvalue weighted by Crippen LogP contribution is -2.55. The lowest BCUT2D eigenvalue weighted by Gasteiger charge is -2.36. The molecule has 4 heteroatoms. The van der Waals surface area contributed by atoms with Crippen LogP contribution in [-0.2, 0) is 0 Å². The third-order valence-electron chi connectivity index (χ3n) is 2.50. The molecule has 0 aromatic rings. The smallest absolute Gasteiger partial charge is 0.0325 e. The van der Waals surface area contributed by atoms with Gasteiger partial charge in [-0.1, -0.05) is 27.7 Å². The Balaban J connectivity index is -0.000000405. The number of hydrogen-bond acceptors (Lipinski definition) is 2. The third kappa shape index (κ3) is 3.94. The van der Waals surface area contributed by atoms with Gasteiger partial charge in [0.1, 0.15) is 0 Å². The second-order valence-electron chi connectivity index (χ2n) is 3.63. The maximum Gasteiger partial charge on any atom is 0.0325 e. The molecule has 0 fully saturated rings. The van der Waals surface area contributed by atoms with Crippen molar-refractivity contribution in [1.82, 2.24) is 0 Å². The minimum atomic E-state index is -0.181. The molecule has 0 rings (SSSR count). The highest BCUT2D eigenvalue weighted by atomic mass is 35.5. The molecule has 0 bridgehead atoms. The van der Waals surface area contributed by atoms with E-state index in [2.05, 4.69) is 27.7 Å². The number of halogens is 2. The predicted octanol–water partition coefficient (Wildman–Crippen LogP) is 1.80. The summed E-state index contributed by atoms with van der Waals surface area (Å²) in [5.41, 5.74) is 11.5. The van der Waals surface area contributed by atoms with Crippen LogP contribution in [0.1, 0.15) is 27.7 Å². The summed E-state index contributed by atoms with van der Waals surface area (Å²) in [6.07, 6.45) is 0. The first kappa shape index (κ1) is 18.3. The number of rotatable bonds is 3. The van der Waals surface area contributed by atoms with Gasteiger partial charge in [-0.2, -0.15) is 0 Å². The molecule has 0 amide bonds. The van der Waals surface area contributed by atoms with E-state index in [1.54, 1.807) is 0 Å². The highest BCUT2D eigenvalue weighted by molar-refractivity contribution is 5.85. The topological polar surface area (TPSA) is 52.0 Å². The Morgan fingerprint density at radius 3 is 1.25 bits per heavy atom. The molecule has 0 heterocycles. The second kappa shape index (κ2) is 6.96. The van der Waals surface area contributed by atoms with Crippen LogP contribution in [0, 0.1) is 11.8 Å². The maximum atomic E-state index is 6.06. The van der Waals surface area contributed by atoms with Crippen LogP contribution in [0.25, 0.3) is 0 Å². The standard InChI is InChI=1S/C8H20N2.2ClH/c1-6(2)8(10,5-9)7(3)4;;/h6-7H,5,9-10H2,1-4H3;2*1H. The Labute approximate surface area is 88.3 Å². The zero-order chi connectivity index (χ0) is 8.36. The SMILES string of the molecule is CC(C)C(N)(CN)C(C)C.Cl.Cl. The zero-order valence-corrected chi connectivity index (χ0v) is 9.97. The highest BCUT2D eigenvalue weighted by Gasteiger charge is 2.30. The van der Waals surface area contributed by atoms with E-state index in [0.29, 0.717) is 18.4 Å². The van der Waals surface area contributed by atoms with Gasteiger partial charge < -0.3 is 11.5 Å². The van der Waals surface area contributed by atoms with E-state index in [4.69, 9.17) is 11.5 Å². The zero-order valence-electron chi connectivity index (χ0n) is 8.33. The first-order chi connectivity index (χ1) is 4.45. The molecular formula is C8H22Cl2N2. The predicted molar refractivity (Wildman–Crippen MR) is 60.1 cm³/mol. The fourth-order valence-corrected chi connectivity index (χ4v) is 1.14. The first-order valence-corrected chi connectivity index (χ1v) is 3.94. The maximum absolute atomic E-state index is 6.06. The van der Waals surface area contributed by atoms with Crippen molar-refractivity contribution in [1.29, 1.82) is 0 Å². The van der Waals surface area contributed by atoms with Crippen LogP contribution < -0.4 is 11.5 Å². The summed E-state index contributed by atoms with van der Waals surface area (Å²) in [4.78, 5) is 0. The minimum Gasteiger partial charge on any atom is -0.329 e. The largest absolute Gasteiger partial charge is 0.329 e. The molecule has 0 radical (unpaired) electrons. The lowest BCUT2D eigenvalue weighted by atomic mass is 9.78. The molecular weight excluding hydrogens is 195 g/mol. The van der Waals surface area contributed by atoms with Crippen LogP contribution in [0.4, 0.5) is 0 Å². The van der Waals surface area contributed by atoms with E-state index in [1.807, 2.05) is 0 Å². The van der Waals surface area contributed by atoms with Gasteiger partial charge in [0.25, 0.3) is 0 Å². The van der Waals surface area contributed by atoms with Gasteiger partial charge in [-0.15, -0.1) is 24.8 Å². The van der Waals surface area contributed by atoms with Crippen LogP contribution in [0.3, 0.4) is 0 Å². The summed E-state index contributed by atoms with van der Waals surface area (Å²) in [5.74, 6) is 0.912. The first-order valence-electron chi connectivity index (χ1n) is 3.94. The Kier molecular flexibility index (Phi) is 10.6. The van der Waals surface area contributed by atoms with E-state index >= 15 is 0 Å². The van der Waals surface area contributed by atoms with Gasteiger partial charge in [-0.05, 0) is 11.8 Å². The fourth-order valence-electron chi connectivity index (χ4n) is 1.14. The quantitative estimate of drug-likeness (QED) is 0.757. The molecule has 78 valence electrons. The van der Waals surface area contributed by atoms with Crippen LogP contribution >= 0.6 is 24.8 Å². The molecule has 0 aliphatic heterocycles. The van der Waals surface area contributed by atoms with Gasteiger partial charge >= 0.3 is 0 Å². The van der Waals surface area contributed by atoms with Gasteiger partial charge in [0.2, 0.25) is 0 Å². The summed E-state index contributed by atoms with van der Waals surface area (Å²) in [7, 11) is 0. The van der Waals surface area contributed by atoms with E-state index in [-0.39, 0.29) is 30.4 Å². The molecule has 0 unspecified atom stereocenters.